The number of hydrogen-bond acceptors (Lipinski definition) is 4. The second-order valence-electron chi connectivity index (χ2n) is 11.0. The zero-order chi connectivity index (χ0) is 34.2. The van der Waals surface area contributed by atoms with E-state index in [0.29, 0.717) is 33.9 Å². The van der Waals surface area contributed by atoms with Crippen LogP contribution in [0.4, 0.5) is 18.9 Å². The Hall–Kier alpha value is -4.35. The van der Waals surface area contributed by atoms with Gasteiger partial charge in [-0.05, 0) is 66.9 Å². The van der Waals surface area contributed by atoms with Crippen molar-refractivity contribution in [1.82, 2.24) is 10.2 Å². The Bertz CT molecular complexity index is 1790. The molecule has 0 saturated carbocycles. The fourth-order valence-electron chi connectivity index (χ4n) is 4.96. The largest absolute Gasteiger partial charge is 0.416 e. The monoisotopic (exact) mass is 685 g/mol. The smallest absolute Gasteiger partial charge is 0.354 e. The van der Waals surface area contributed by atoms with Gasteiger partial charge < -0.3 is 10.2 Å². The molecule has 47 heavy (non-hydrogen) atoms. The number of amides is 2. The van der Waals surface area contributed by atoms with Gasteiger partial charge in [0.2, 0.25) is 11.8 Å². The highest BCUT2D eigenvalue weighted by atomic mass is 35.5. The first-order valence-corrected chi connectivity index (χ1v) is 16.7. The molecule has 7 nitrogen and oxygen atoms in total. The molecule has 0 unspecified atom stereocenters. The number of nitrogens with zero attached hydrogens (tertiary/aromatic N) is 2. The van der Waals surface area contributed by atoms with Crippen molar-refractivity contribution < 1.29 is 31.2 Å². The lowest BCUT2D eigenvalue weighted by Crippen LogP contribution is -2.53. The summed E-state index contributed by atoms with van der Waals surface area (Å²) in [6.45, 7) is 2.96. The molecular weight excluding hydrogens is 651 g/mol. The summed E-state index contributed by atoms with van der Waals surface area (Å²) in [6.07, 6.45) is -4.04. The molecule has 1 atom stereocenters. The Morgan fingerprint density at radius 2 is 1.53 bits per heavy atom. The van der Waals surface area contributed by atoms with Gasteiger partial charge in [0.05, 0.1) is 16.1 Å². The maximum Gasteiger partial charge on any atom is 0.416 e. The maximum absolute atomic E-state index is 14.4. The molecular formula is C35H35ClF3N3O4S. The Kier molecular flexibility index (Phi) is 11.7. The Morgan fingerprint density at radius 3 is 2.17 bits per heavy atom. The maximum atomic E-state index is 14.4. The van der Waals surface area contributed by atoms with Gasteiger partial charge in [-0.25, -0.2) is 8.42 Å². The van der Waals surface area contributed by atoms with E-state index in [0.717, 1.165) is 23.3 Å². The number of sulfonamides is 1. The molecule has 2 amide bonds. The molecule has 0 aliphatic heterocycles. The van der Waals surface area contributed by atoms with Gasteiger partial charge in [-0.15, -0.1) is 0 Å². The predicted molar refractivity (Wildman–Crippen MR) is 176 cm³/mol. The fourth-order valence-corrected chi connectivity index (χ4v) is 6.57. The quantitative estimate of drug-likeness (QED) is 0.164. The number of carbonyl (C=O) groups excluding carboxylic acids is 2. The van der Waals surface area contributed by atoms with Crippen molar-refractivity contribution in [3.8, 4) is 0 Å². The minimum absolute atomic E-state index is 0.0942. The van der Waals surface area contributed by atoms with Crippen molar-refractivity contribution in [2.75, 3.05) is 17.4 Å². The molecule has 0 saturated heterocycles. The van der Waals surface area contributed by atoms with Gasteiger partial charge in [0.25, 0.3) is 10.0 Å². The molecule has 4 aromatic rings. The predicted octanol–water partition coefficient (Wildman–Crippen LogP) is 7.03. The van der Waals surface area contributed by atoms with E-state index in [9.17, 15) is 31.2 Å². The Morgan fingerprint density at radius 1 is 0.872 bits per heavy atom. The molecule has 4 aromatic carbocycles. The van der Waals surface area contributed by atoms with Crippen LogP contribution in [0.1, 0.15) is 35.6 Å². The van der Waals surface area contributed by atoms with Crippen LogP contribution in [-0.4, -0.2) is 44.3 Å². The van der Waals surface area contributed by atoms with Crippen molar-refractivity contribution in [3.63, 3.8) is 0 Å². The van der Waals surface area contributed by atoms with Crippen LogP contribution in [0.25, 0.3) is 0 Å². The number of nitrogens with one attached hydrogen (secondary N) is 1. The van der Waals surface area contributed by atoms with E-state index in [1.54, 1.807) is 67.6 Å². The minimum atomic E-state index is -4.77. The van der Waals surface area contributed by atoms with Gasteiger partial charge in [0.15, 0.2) is 0 Å². The van der Waals surface area contributed by atoms with Crippen molar-refractivity contribution in [2.45, 2.75) is 50.3 Å². The summed E-state index contributed by atoms with van der Waals surface area (Å²) in [5.41, 5.74) is 0.643. The second-order valence-corrected chi connectivity index (χ2v) is 13.3. The summed E-state index contributed by atoms with van der Waals surface area (Å²) in [5.74, 6) is -1.26. The van der Waals surface area contributed by atoms with Crippen molar-refractivity contribution in [2.24, 2.45) is 0 Å². The SMILES string of the molecule is CCCNC(=O)[C@@H](Cc1ccccc1)N(Cc1cccc(Cl)c1)C(=O)CN(c1cccc(C(F)(F)F)c1)S(=O)(=O)c1ccc(C)cc1. The molecule has 0 bridgehead atoms. The van der Waals surface area contributed by atoms with E-state index < -0.39 is 46.2 Å². The zero-order valence-corrected chi connectivity index (χ0v) is 27.4. The summed E-state index contributed by atoms with van der Waals surface area (Å²) in [5, 5.41) is 3.23. The molecule has 12 heteroatoms. The lowest BCUT2D eigenvalue weighted by Gasteiger charge is -2.34. The topological polar surface area (TPSA) is 86.8 Å². The highest BCUT2D eigenvalue weighted by molar-refractivity contribution is 7.92. The van der Waals surface area contributed by atoms with Crippen LogP contribution in [0.5, 0.6) is 0 Å². The van der Waals surface area contributed by atoms with Gasteiger partial charge in [-0.2, -0.15) is 13.2 Å². The van der Waals surface area contributed by atoms with Crippen molar-refractivity contribution in [3.05, 3.63) is 130 Å². The van der Waals surface area contributed by atoms with Gasteiger partial charge in [-0.1, -0.05) is 84.8 Å². The second kappa shape index (κ2) is 15.5. The molecule has 1 N–H and O–H groups in total. The molecule has 0 fully saturated rings. The van der Waals surface area contributed by atoms with Crippen LogP contribution >= 0.6 is 11.6 Å². The molecule has 0 aromatic heterocycles. The summed E-state index contributed by atoms with van der Waals surface area (Å²) in [6, 6.07) is 24.1. The van der Waals surface area contributed by atoms with Crippen LogP contribution in [0, 0.1) is 6.92 Å². The standard InChI is InChI=1S/C35H35ClF3N3O4S/c1-3-19-40-34(44)32(21-26-9-5-4-6-10-26)41(23-27-11-7-13-29(36)20-27)33(43)24-42(30-14-8-12-28(22-30)35(37,38)39)47(45,46)31-17-15-25(2)16-18-31/h4-18,20,22,32H,3,19,21,23-24H2,1-2H3,(H,40,44)/t32-/m1/s1. The third kappa shape index (κ3) is 9.36. The normalized spacial score (nSPS) is 12.3. The first-order valence-electron chi connectivity index (χ1n) is 14.9. The first kappa shape index (κ1) is 35.5. The lowest BCUT2D eigenvalue weighted by atomic mass is 10.0. The number of alkyl halides is 3. The van der Waals surface area contributed by atoms with Crippen LogP contribution in [0.15, 0.2) is 108 Å². The third-order valence-electron chi connectivity index (χ3n) is 7.41. The van der Waals surface area contributed by atoms with E-state index >= 15 is 0 Å². The van der Waals surface area contributed by atoms with Crippen LogP contribution < -0.4 is 9.62 Å². The summed E-state index contributed by atoms with van der Waals surface area (Å²) < 4.78 is 70.1. The Balaban J connectivity index is 1.84. The average Bonchev–Trinajstić information content (AvgIpc) is 3.04. The number of halogens is 4. The highest BCUT2D eigenvalue weighted by Crippen LogP contribution is 2.33. The number of hydrogen-bond donors (Lipinski definition) is 1. The van der Waals surface area contributed by atoms with E-state index in [1.165, 1.54) is 23.1 Å². The van der Waals surface area contributed by atoms with Gasteiger partial charge in [0.1, 0.15) is 12.6 Å². The molecule has 4 rings (SSSR count). The van der Waals surface area contributed by atoms with Crippen LogP contribution in [0.2, 0.25) is 5.02 Å². The van der Waals surface area contributed by atoms with Gasteiger partial charge >= 0.3 is 6.18 Å². The molecule has 0 aliphatic rings. The van der Waals surface area contributed by atoms with Gasteiger partial charge in [-0.3, -0.25) is 13.9 Å². The molecule has 0 radical (unpaired) electrons. The third-order valence-corrected chi connectivity index (χ3v) is 9.43. The van der Waals surface area contributed by atoms with Crippen molar-refractivity contribution >= 4 is 39.1 Å². The molecule has 0 spiro atoms. The number of rotatable bonds is 13. The van der Waals surface area contributed by atoms with E-state index in [-0.39, 0.29) is 23.5 Å². The minimum Gasteiger partial charge on any atom is -0.354 e. The van der Waals surface area contributed by atoms with E-state index in [2.05, 4.69) is 5.32 Å². The van der Waals surface area contributed by atoms with Crippen LogP contribution in [-0.2, 0) is 38.8 Å². The summed E-state index contributed by atoms with van der Waals surface area (Å²) >= 11 is 6.24. The number of carbonyl (C=O) groups is 2. The highest BCUT2D eigenvalue weighted by Gasteiger charge is 2.36. The van der Waals surface area contributed by atoms with E-state index in [1.807, 2.05) is 13.0 Å². The number of aryl methyl sites for hydroxylation is 1. The summed E-state index contributed by atoms with van der Waals surface area (Å²) in [4.78, 5) is 29.2. The van der Waals surface area contributed by atoms with E-state index in [4.69, 9.17) is 11.6 Å². The molecule has 248 valence electrons. The lowest BCUT2D eigenvalue weighted by molar-refractivity contribution is -0.140. The summed E-state index contributed by atoms with van der Waals surface area (Å²) in [7, 11) is -4.56. The number of benzene rings is 4. The first-order chi connectivity index (χ1) is 22.3. The average molecular weight is 686 g/mol. The zero-order valence-electron chi connectivity index (χ0n) is 25.9. The Labute approximate surface area is 278 Å². The fraction of sp³-hybridized carbons (Fsp3) is 0.257. The van der Waals surface area contributed by atoms with Gasteiger partial charge in [0, 0.05) is 24.5 Å². The number of anilines is 1. The molecule has 0 heterocycles. The van der Waals surface area contributed by atoms with Crippen molar-refractivity contribution in [1.29, 1.82) is 0 Å². The molecule has 0 aliphatic carbocycles. The van der Waals surface area contributed by atoms with Crippen LogP contribution in [0.3, 0.4) is 0 Å².